The highest BCUT2D eigenvalue weighted by Crippen LogP contribution is 2.07. The van der Waals surface area contributed by atoms with Crippen molar-refractivity contribution in [3.8, 4) is 0 Å². The van der Waals surface area contributed by atoms with Crippen LogP contribution in [0.3, 0.4) is 0 Å². The molecule has 0 bridgehead atoms. The van der Waals surface area contributed by atoms with E-state index in [0.29, 0.717) is 24.8 Å². The molecule has 2 rings (SSSR count). The first-order valence-corrected chi connectivity index (χ1v) is 6.47. The van der Waals surface area contributed by atoms with Gasteiger partial charge in [-0.2, -0.15) is 0 Å². The van der Waals surface area contributed by atoms with Gasteiger partial charge >= 0.3 is 5.97 Å². The number of rotatable bonds is 5. The van der Waals surface area contributed by atoms with E-state index in [1.54, 1.807) is 19.1 Å². The summed E-state index contributed by atoms with van der Waals surface area (Å²) in [6.45, 7) is 5.23. The zero-order chi connectivity index (χ0) is 13.5. The molecule has 0 radical (unpaired) electrons. The van der Waals surface area contributed by atoms with Crippen LogP contribution in [0.2, 0.25) is 0 Å². The van der Waals surface area contributed by atoms with Gasteiger partial charge in [0.2, 0.25) is 0 Å². The third-order valence-corrected chi connectivity index (χ3v) is 2.80. The number of hydrogen-bond acceptors (Lipinski definition) is 6. The standard InChI is InChI=1S/C13H19N3O3/c1-2-19-13(17)10-3-4-12(15-7-10)16-8-11-9-18-6-5-14-11/h3-4,7,11,14H,2,5-6,8-9H2,1H3,(H,15,16). The SMILES string of the molecule is CCOC(=O)c1ccc(NCC2COCCN2)nc1. The minimum Gasteiger partial charge on any atom is -0.462 e. The van der Waals surface area contributed by atoms with E-state index in [4.69, 9.17) is 9.47 Å². The number of ether oxygens (including phenoxy) is 2. The van der Waals surface area contributed by atoms with Gasteiger partial charge in [0.05, 0.1) is 25.4 Å². The topological polar surface area (TPSA) is 72.5 Å². The fourth-order valence-electron chi connectivity index (χ4n) is 1.81. The number of nitrogens with zero attached hydrogens (tertiary/aromatic N) is 1. The predicted molar refractivity (Wildman–Crippen MR) is 71.3 cm³/mol. The van der Waals surface area contributed by atoms with Crippen LogP contribution in [0.4, 0.5) is 5.82 Å². The van der Waals surface area contributed by atoms with Crippen molar-refractivity contribution in [2.24, 2.45) is 0 Å². The molecule has 2 N–H and O–H groups in total. The van der Waals surface area contributed by atoms with Gasteiger partial charge in [-0.25, -0.2) is 9.78 Å². The van der Waals surface area contributed by atoms with Gasteiger partial charge in [0.1, 0.15) is 5.82 Å². The third-order valence-electron chi connectivity index (χ3n) is 2.80. The van der Waals surface area contributed by atoms with Crippen molar-refractivity contribution in [2.45, 2.75) is 13.0 Å². The first-order chi connectivity index (χ1) is 9.29. The zero-order valence-corrected chi connectivity index (χ0v) is 11.0. The fourth-order valence-corrected chi connectivity index (χ4v) is 1.81. The van der Waals surface area contributed by atoms with Gasteiger partial charge in [0.15, 0.2) is 0 Å². The van der Waals surface area contributed by atoms with Crippen LogP contribution in [0.25, 0.3) is 0 Å². The summed E-state index contributed by atoms with van der Waals surface area (Å²) in [6, 6.07) is 3.77. The average Bonchev–Trinajstić information content (AvgIpc) is 2.47. The molecule has 0 saturated carbocycles. The van der Waals surface area contributed by atoms with Crippen LogP contribution in [0.15, 0.2) is 18.3 Å². The van der Waals surface area contributed by atoms with Gasteiger partial charge in [-0.1, -0.05) is 0 Å². The molecule has 104 valence electrons. The molecule has 1 atom stereocenters. The molecule has 6 nitrogen and oxygen atoms in total. The quantitative estimate of drug-likeness (QED) is 0.762. The van der Waals surface area contributed by atoms with Crippen LogP contribution in [0.1, 0.15) is 17.3 Å². The molecular formula is C13H19N3O3. The number of morpholine rings is 1. The molecule has 0 spiro atoms. The largest absolute Gasteiger partial charge is 0.462 e. The Hall–Kier alpha value is -1.66. The summed E-state index contributed by atoms with van der Waals surface area (Å²) in [7, 11) is 0. The lowest BCUT2D eigenvalue weighted by molar-refractivity contribution is 0.0526. The Bertz CT molecular complexity index is 402. The van der Waals surface area contributed by atoms with Gasteiger partial charge in [-0.05, 0) is 19.1 Å². The highest BCUT2D eigenvalue weighted by molar-refractivity contribution is 5.89. The van der Waals surface area contributed by atoms with E-state index in [1.807, 2.05) is 0 Å². The fraction of sp³-hybridized carbons (Fsp3) is 0.538. The summed E-state index contributed by atoms with van der Waals surface area (Å²) in [6.07, 6.45) is 1.52. The second-order valence-electron chi connectivity index (χ2n) is 4.26. The third kappa shape index (κ3) is 4.18. The van der Waals surface area contributed by atoms with E-state index < -0.39 is 0 Å². The number of carbonyl (C=O) groups excluding carboxylic acids is 1. The molecular weight excluding hydrogens is 246 g/mol. The number of esters is 1. The van der Waals surface area contributed by atoms with Gasteiger partial charge < -0.3 is 20.1 Å². The summed E-state index contributed by atoms with van der Waals surface area (Å²) in [5.41, 5.74) is 0.464. The Kier molecular flexibility index (Phi) is 5.11. The highest BCUT2D eigenvalue weighted by atomic mass is 16.5. The second-order valence-corrected chi connectivity index (χ2v) is 4.26. The number of carbonyl (C=O) groups is 1. The minimum absolute atomic E-state index is 0.292. The van der Waals surface area contributed by atoms with E-state index in [9.17, 15) is 4.79 Å². The van der Waals surface area contributed by atoms with Gasteiger partial charge in [-0.15, -0.1) is 0 Å². The molecule has 1 aliphatic heterocycles. The Morgan fingerprint density at radius 2 is 2.53 bits per heavy atom. The summed E-state index contributed by atoms with van der Waals surface area (Å²) in [4.78, 5) is 15.6. The number of aromatic nitrogens is 1. The van der Waals surface area contributed by atoms with Gasteiger partial charge in [0.25, 0.3) is 0 Å². The minimum atomic E-state index is -0.344. The molecule has 1 aromatic rings. The van der Waals surface area contributed by atoms with Crippen molar-refractivity contribution in [1.82, 2.24) is 10.3 Å². The number of pyridine rings is 1. The summed E-state index contributed by atoms with van der Waals surface area (Å²) >= 11 is 0. The molecule has 1 saturated heterocycles. The van der Waals surface area contributed by atoms with E-state index in [-0.39, 0.29) is 5.97 Å². The van der Waals surface area contributed by atoms with E-state index in [1.165, 1.54) is 6.20 Å². The number of nitrogens with one attached hydrogen (secondary N) is 2. The van der Waals surface area contributed by atoms with Crippen LogP contribution in [-0.4, -0.2) is 49.9 Å². The van der Waals surface area contributed by atoms with Crippen molar-refractivity contribution < 1.29 is 14.3 Å². The van der Waals surface area contributed by atoms with Crippen molar-refractivity contribution in [3.63, 3.8) is 0 Å². The lowest BCUT2D eigenvalue weighted by Crippen LogP contribution is -2.45. The van der Waals surface area contributed by atoms with Gasteiger partial charge in [0, 0.05) is 25.3 Å². The van der Waals surface area contributed by atoms with E-state index in [0.717, 1.165) is 25.5 Å². The summed E-state index contributed by atoms with van der Waals surface area (Å²) in [5.74, 6) is 0.393. The maximum Gasteiger partial charge on any atom is 0.339 e. The first kappa shape index (κ1) is 13.8. The maximum absolute atomic E-state index is 11.5. The van der Waals surface area contributed by atoms with E-state index in [2.05, 4.69) is 15.6 Å². The van der Waals surface area contributed by atoms with Crippen molar-refractivity contribution in [2.75, 3.05) is 38.2 Å². The lowest BCUT2D eigenvalue weighted by atomic mass is 10.2. The molecule has 2 heterocycles. The Morgan fingerprint density at radius 3 is 3.16 bits per heavy atom. The van der Waals surface area contributed by atoms with E-state index >= 15 is 0 Å². The molecule has 1 unspecified atom stereocenters. The Balaban J connectivity index is 1.82. The monoisotopic (exact) mass is 265 g/mol. The van der Waals surface area contributed by atoms with Crippen molar-refractivity contribution in [3.05, 3.63) is 23.9 Å². The normalized spacial score (nSPS) is 18.9. The van der Waals surface area contributed by atoms with Crippen molar-refractivity contribution in [1.29, 1.82) is 0 Å². The molecule has 0 aromatic carbocycles. The molecule has 0 amide bonds. The molecule has 0 aliphatic carbocycles. The van der Waals surface area contributed by atoms with Crippen LogP contribution in [0.5, 0.6) is 0 Å². The summed E-state index contributed by atoms with van der Waals surface area (Å²) in [5, 5.41) is 6.55. The predicted octanol–water partition coefficient (Wildman–Crippen LogP) is 0.659. The Morgan fingerprint density at radius 1 is 1.63 bits per heavy atom. The molecule has 1 aromatic heterocycles. The molecule has 6 heteroatoms. The molecule has 19 heavy (non-hydrogen) atoms. The molecule has 1 aliphatic rings. The van der Waals surface area contributed by atoms with Crippen LogP contribution < -0.4 is 10.6 Å². The smallest absolute Gasteiger partial charge is 0.339 e. The molecule has 1 fully saturated rings. The summed E-state index contributed by atoms with van der Waals surface area (Å²) < 4.78 is 10.3. The van der Waals surface area contributed by atoms with Crippen LogP contribution >= 0.6 is 0 Å². The number of hydrogen-bond donors (Lipinski definition) is 2. The maximum atomic E-state index is 11.5. The highest BCUT2D eigenvalue weighted by Gasteiger charge is 2.12. The van der Waals surface area contributed by atoms with Crippen molar-refractivity contribution >= 4 is 11.8 Å². The van der Waals surface area contributed by atoms with Crippen LogP contribution in [0, 0.1) is 0 Å². The average molecular weight is 265 g/mol. The first-order valence-electron chi connectivity index (χ1n) is 6.47. The number of anilines is 1. The van der Waals surface area contributed by atoms with Crippen LogP contribution in [-0.2, 0) is 9.47 Å². The Labute approximate surface area is 112 Å². The van der Waals surface area contributed by atoms with Gasteiger partial charge in [-0.3, -0.25) is 0 Å². The second kappa shape index (κ2) is 7.06. The lowest BCUT2D eigenvalue weighted by Gasteiger charge is -2.24. The zero-order valence-electron chi connectivity index (χ0n) is 11.0.